The van der Waals surface area contributed by atoms with Crippen LogP contribution in [0.2, 0.25) is 0 Å². The minimum Gasteiger partial charge on any atom is -0.490 e. The van der Waals surface area contributed by atoms with Crippen molar-refractivity contribution in [3.05, 3.63) is 59.2 Å². The second-order valence-corrected chi connectivity index (χ2v) is 7.56. The van der Waals surface area contributed by atoms with E-state index in [4.69, 9.17) is 9.47 Å². The number of esters is 1. The van der Waals surface area contributed by atoms with Gasteiger partial charge >= 0.3 is 5.97 Å². The van der Waals surface area contributed by atoms with Gasteiger partial charge in [-0.3, -0.25) is 0 Å². The van der Waals surface area contributed by atoms with Gasteiger partial charge in [-0.25, -0.2) is 13.2 Å². The molecule has 0 spiro atoms. The van der Waals surface area contributed by atoms with Gasteiger partial charge in [0.15, 0.2) is 9.84 Å². The summed E-state index contributed by atoms with van der Waals surface area (Å²) < 4.78 is 34.1. The Kier molecular flexibility index (Phi) is 5.62. The third-order valence-electron chi connectivity index (χ3n) is 3.29. The lowest BCUT2D eigenvalue weighted by atomic mass is 10.1. The molecule has 0 aromatic heterocycles. The van der Waals surface area contributed by atoms with Crippen LogP contribution in [0, 0.1) is 13.8 Å². The molecule has 2 rings (SSSR count). The molecule has 0 amide bonds. The Morgan fingerprint density at radius 2 is 1.62 bits per heavy atom. The predicted octanol–water partition coefficient (Wildman–Crippen LogP) is 2.94. The number of carbonyl (C=O) groups excluding carboxylic acids is 1. The highest BCUT2D eigenvalue weighted by molar-refractivity contribution is 7.90. The fraction of sp³-hybridized carbons (Fsp3) is 0.278. The van der Waals surface area contributed by atoms with Gasteiger partial charge in [0, 0.05) is 6.26 Å². The van der Waals surface area contributed by atoms with Crippen LogP contribution in [0.4, 0.5) is 0 Å². The molecule has 0 unspecified atom stereocenters. The van der Waals surface area contributed by atoms with E-state index in [1.807, 2.05) is 32.0 Å². The van der Waals surface area contributed by atoms with Gasteiger partial charge < -0.3 is 9.47 Å². The number of hydrogen-bond acceptors (Lipinski definition) is 5. The molecule has 0 aliphatic heterocycles. The van der Waals surface area contributed by atoms with E-state index >= 15 is 0 Å². The number of hydrogen-bond donors (Lipinski definition) is 0. The summed E-state index contributed by atoms with van der Waals surface area (Å²) in [7, 11) is -3.49. The van der Waals surface area contributed by atoms with Crippen LogP contribution in [0.3, 0.4) is 0 Å². The van der Waals surface area contributed by atoms with Crippen LogP contribution in [0.1, 0.15) is 21.5 Å². The lowest BCUT2D eigenvalue weighted by Gasteiger charge is -2.10. The molecule has 2 aromatic rings. The summed E-state index contributed by atoms with van der Waals surface area (Å²) >= 11 is 0. The van der Waals surface area contributed by atoms with Crippen LogP contribution >= 0.6 is 0 Å². The second-order valence-electron chi connectivity index (χ2n) is 5.58. The smallest absolute Gasteiger partial charge is 0.339 e. The molecule has 6 heteroatoms. The van der Waals surface area contributed by atoms with Gasteiger partial charge in [-0.2, -0.15) is 0 Å². The molecular formula is C18H20O5S. The molecule has 0 bridgehead atoms. The quantitative estimate of drug-likeness (QED) is 0.593. The second kappa shape index (κ2) is 7.49. The SMILES string of the molecule is Cc1cc(C)cc(OCCOC(=O)c2ccccc2S(C)(=O)=O)c1. The first-order valence-corrected chi connectivity index (χ1v) is 9.34. The third-order valence-corrected chi connectivity index (χ3v) is 4.44. The van der Waals surface area contributed by atoms with E-state index in [2.05, 4.69) is 0 Å². The Labute approximate surface area is 142 Å². The van der Waals surface area contributed by atoms with Crippen molar-refractivity contribution in [2.45, 2.75) is 18.7 Å². The zero-order valence-electron chi connectivity index (χ0n) is 13.9. The highest BCUT2D eigenvalue weighted by Gasteiger charge is 2.19. The van der Waals surface area contributed by atoms with Crippen molar-refractivity contribution in [1.29, 1.82) is 0 Å². The average molecular weight is 348 g/mol. The molecule has 0 aliphatic carbocycles. The van der Waals surface area contributed by atoms with Crippen LogP contribution in [0.25, 0.3) is 0 Å². The molecule has 5 nitrogen and oxygen atoms in total. The Hall–Kier alpha value is -2.34. The molecule has 0 aliphatic rings. The van der Waals surface area contributed by atoms with Crippen LogP contribution in [0.5, 0.6) is 5.75 Å². The molecule has 0 saturated carbocycles. The average Bonchev–Trinajstić information content (AvgIpc) is 2.49. The Morgan fingerprint density at radius 1 is 1.00 bits per heavy atom. The van der Waals surface area contributed by atoms with Crippen molar-refractivity contribution in [2.24, 2.45) is 0 Å². The van der Waals surface area contributed by atoms with E-state index in [0.717, 1.165) is 17.4 Å². The fourth-order valence-electron chi connectivity index (χ4n) is 2.35. The highest BCUT2D eigenvalue weighted by Crippen LogP contribution is 2.17. The molecule has 0 atom stereocenters. The minimum atomic E-state index is -3.49. The van der Waals surface area contributed by atoms with E-state index in [0.29, 0.717) is 5.75 Å². The zero-order chi connectivity index (χ0) is 17.7. The van der Waals surface area contributed by atoms with Gasteiger partial charge in [0.2, 0.25) is 0 Å². The first-order chi connectivity index (χ1) is 11.3. The first-order valence-electron chi connectivity index (χ1n) is 7.44. The largest absolute Gasteiger partial charge is 0.490 e. The molecular weight excluding hydrogens is 328 g/mol. The zero-order valence-corrected chi connectivity index (χ0v) is 14.7. The molecule has 0 heterocycles. The van der Waals surface area contributed by atoms with E-state index in [-0.39, 0.29) is 23.7 Å². The lowest BCUT2D eigenvalue weighted by molar-refractivity contribution is 0.0446. The fourth-order valence-corrected chi connectivity index (χ4v) is 3.22. The van der Waals surface area contributed by atoms with Crippen molar-refractivity contribution in [3.8, 4) is 5.75 Å². The molecule has 0 saturated heterocycles. The number of carbonyl (C=O) groups is 1. The maximum Gasteiger partial charge on any atom is 0.339 e. The van der Waals surface area contributed by atoms with Gasteiger partial charge in [-0.05, 0) is 49.2 Å². The number of aryl methyl sites for hydroxylation is 2. The summed E-state index contributed by atoms with van der Waals surface area (Å²) in [6, 6.07) is 11.8. The van der Waals surface area contributed by atoms with Crippen molar-refractivity contribution in [3.63, 3.8) is 0 Å². The summed E-state index contributed by atoms with van der Waals surface area (Å²) in [5, 5.41) is 0. The Morgan fingerprint density at radius 3 is 2.25 bits per heavy atom. The van der Waals surface area contributed by atoms with Gasteiger partial charge in [0.1, 0.15) is 19.0 Å². The van der Waals surface area contributed by atoms with Crippen molar-refractivity contribution >= 4 is 15.8 Å². The maximum atomic E-state index is 12.1. The van der Waals surface area contributed by atoms with E-state index in [1.165, 1.54) is 12.1 Å². The summed E-state index contributed by atoms with van der Waals surface area (Å²) in [5.74, 6) is 0.0279. The summed E-state index contributed by atoms with van der Waals surface area (Å²) in [4.78, 5) is 12.1. The van der Waals surface area contributed by atoms with Crippen molar-refractivity contribution < 1.29 is 22.7 Å². The van der Waals surface area contributed by atoms with E-state index < -0.39 is 15.8 Å². The van der Waals surface area contributed by atoms with Crippen LogP contribution in [-0.4, -0.2) is 33.9 Å². The number of rotatable bonds is 6. The highest BCUT2D eigenvalue weighted by atomic mass is 32.2. The monoisotopic (exact) mass is 348 g/mol. The summed E-state index contributed by atoms with van der Waals surface area (Å²) in [5.41, 5.74) is 2.21. The molecule has 128 valence electrons. The molecule has 2 aromatic carbocycles. The number of benzene rings is 2. The predicted molar refractivity (Wildman–Crippen MR) is 91.2 cm³/mol. The molecule has 24 heavy (non-hydrogen) atoms. The van der Waals surface area contributed by atoms with Crippen LogP contribution < -0.4 is 4.74 Å². The number of ether oxygens (including phenoxy) is 2. The minimum absolute atomic E-state index is 0.0317. The Balaban J connectivity index is 1.95. The van der Waals surface area contributed by atoms with Crippen molar-refractivity contribution in [1.82, 2.24) is 0 Å². The number of sulfone groups is 1. The first kappa shape index (κ1) is 18.0. The van der Waals surface area contributed by atoms with Crippen molar-refractivity contribution in [2.75, 3.05) is 19.5 Å². The topological polar surface area (TPSA) is 69.7 Å². The molecule has 0 fully saturated rings. The molecule has 0 N–H and O–H groups in total. The maximum absolute atomic E-state index is 12.1. The Bertz CT molecular complexity index is 820. The van der Waals surface area contributed by atoms with Gasteiger partial charge in [-0.15, -0.1) is 0 Å². The van der Waals surface area contributed by atoms with E-state index in [9.17, 15) is 13.2 Å². The van der Waals surface area contributed by atoms with Gasteiger partial charge in [0.05, 0.1) is 10.5 Å². The van der Waals surface area contributed by atoms with Crippen LogP contribution in [-0.2, 0) is 14.6 Å². The standard InChI is InChI=1S/C18H20O5S/c1-13-10-14(2)12-15(11-13)22-8-9-23-18(19)16-6-4-5-7-17(16)24(3,20)21/h4-7,10-12H,8-9H2,1-3H3. The van der Waals surface area contributed by atoms with Crippen LogP contribution in [0.15, 0.2) is 47.4 Å². The molecule has 0 radical (unpaired) electrons. The van der Waals surface area contributed by atoms with Gasteiger partial charge in [0.25, 0.3) is 0 Å². The van der Waals surface area contributed by atoms with E-state index in [1.54, 1.807) is 12.1 Å². The lowest BCUT2D eigenvalue weighted by Crippen LogP contribution is -2.15. The summed E-state index contributed by atoms with van der Waals surface area (Å²) in [6.45, 7) is 4.17. The normalized spacial score (nSPS) is 11.1. The third kappa shape index (κ3) is 4.83. The van der Waals surface area contributed by atoms with Gasteiger partial charge in [-0.1, -0.05) is 18.2 Å². The summed E-state index contributed by atoms with van der Waals surface area (Å²) in [6.07, 6.45) is 1.06.